The van der Waals surface area contributed by atoms with Crippen molar-refractivity contribution in [3.63, 3.8) is 0 Å². The van der Waals surface area contributed by atoms with Crippen LogP contribution in [0.15, 0.2) is 35.3 Å². The molecule has 0 amide bonds. The number of benzene rings is 1. The fourth-order valence-electron chi connectivity index (χ4n) is 3.14. The van der Waals surface area contributed by atoms with Crippen LogP contribution in [0, 0.1) is 11.8 Å². The molecule has 0 spiro atoms. The number of nitrogens with two attached hydrogens (primary N) is 2. The Morgan fingerprint density at radius 2 is 1.83 bits per heavy atom. The van der Waals surface area contributed by atoms with E-state index >= 15 is 0 Å². The van der Waals surface area contributed by atoms with E-state index in [2.05, 4.69) is 18.3 Å². The third-order valence-electron chi connectivity index (χ3n) is 4.64. The quantitative estimate of drug-likeness (QED) is 0.153. The second-order valence-corrected chi connectivity index (χ2v) is 10.9. The first-order valence-electron chi connectivity index (χ1n) is 10.6. The van der Waals surface area contributed by atoms with Gasteiger partial charge in [0.15, 0.2) is 0 Å². The molecule has 4 N–H and O–H groups in total. The van der Waals surface area contributed by atoms with Gasteiger partial charge in [0, 0.05) is 19.1 Å². The number of amidine groups is 1. The second kappa shape index (κ2) is 14.3. The molecule has 0 fully saturated rings. The molecule has 0 aromatic heterocycles. The van der Waals surface area contributed by atoms with Crippen molar-refractivity contribution in [2.75, 3.05) is 26.0 Å². The summed E-state index contributed by atoms with van der Waals surface area (Å²) in [6.45, 7) is 9.16. The zero-order valence-corrected chi connectivity index (χ0v) is 19.7. The summed E-state index contributed by atoms with van der Waals surface area (Å²) in [5.41, 5.74) is 12.9. The van der Waals surface area contributed by atoms with Crippen molar-refractivity contribution in [3.05, 3.63) is 35.9 Å². The number of carbonyl (C=O) groups is 2. The largest absolute Gasteiger partial charge is 0.461 e. The third kappa shape index (κ3) is 11.4. The first-order valence-corrected chi connectivity index (χ1v) is 13.0. The molecule has 7 heteroatoms. The van der Waals surface area contributed by atoms with Crippen molar-refractivity contribution >= 4 is 25.5 Å². The summed E-state index contributed by atoms with van der Waals surface area (Å²) >= 11 is 0. The maximum atomic E-state index is 12.6. The number of hydrogen-bond donors (Lipinski definition) is 2. The van der Waals surface area contributed by atoms with E-state index < -0.39 is 12.0 Å². The molecule has 1 rings (SSSR count). The molecular weight excluding hydrogens is 397 g/mol. The fourth-order valence-corrected chi connectivity index (χ4v) is 3.89. The van der Waals surface area contributed by atoms with Gasteiger partial charge in [-0.3, -0.25) is 14.6 Å². The van der Waals surface area contributed by atoms with Crippen LogP contribution in [0.2, 0.25) is 0 Å². The zero-order chi connectivity index (χ0) is 22.5. The smallest absolute Gasteiger partial charge is 0.309 e. The summed E-state index contributed by atoms with van der Waals surface area (Å²) < 4.78 is 5.47. The van der Waals surface area contributed by atoms with E-state index in [0.717, 1.165) is 11.7 Å². The van der Waals surface area contributed by atoms with Crippen LogP contribution in [0.1, 0.15) is 45.1 Å². The Morgan fingerprint density at radius 3 is 2.43 bits per heavy atom. The monoisotopic (exact) mass is 435 g/mol. The molecule has 0 heterocycles. The highest BCUT2D eigenvalue weighted by molar-refractivity contribution is 7.57. The SMILES string of the molecule is CC(C)C[C@H](CC(=O)[C@H](N)CCCN=C(N)CP(C)C)C(=O)OCc1ccccc1. The molecule has 30 heavy (non-hydrogen) atoms. The van der Waals surface area contributed by atoms with Gasteiger partial charge in [0.25, 0.3) is 0 Å². The second-order valence-electron chi connectivity index (χ2n) is 8.45. The number of aliphatic imine (C=N–C) groups is 1. The van der Waals surface area contributed by atoms with Gasteiger partial charge in [-0.2, -0.15) is 0 Å². The summed E-state index contributed by atoms with van der Waals surface area (Å²) in [6, 6.07) is 8.94. The minimum absolute atomic E-state index is 0.0973. The number of rotatable bonds is 14. The summed E-state index contributed by atoms with van der Waals surface area (Å²) in [5.74, 6) is 0.0580. The molecule has 1 aromatic carbocycles. The van der Waals surface area contributed by atoms with Gasteiger partial charge in [-0.1, -0.05) is 44.2 Å². The molecule has 0 saturated heterocycles. The maximum absolute atomic E-state index is 12.6. The Morgan fingerprint density at radius 1 is 1.17 bits per heavy atom. The van der Waals surface area contributed by atoms with Crippen LogP contribution in [0.4, 0.5) is 0 Å². The van der Waals surface area contributed by atoms with Gasteiger partial charge in [0.1, 0.15) is 12.4 Å². The topological polar surface area (TPSA) is 108 Å². The molecule has 0 bridgehead atoms. The lowest BCUT2D eigenvalue weighted by Gasteiger charge is -2.19. The summed E-state index contributed by atoms with van der Waals surface area (Å²) in [5, 5.41) is 0. The van der Waals surface area contributed by atoms with Crippen molar-refractivity contribution < 1.29 is 14.3 Å². The fraction of sp³-hybridized carbons (Fsp3) is 0.609. The Bertz CT molecular complexity index is 678. The van der Waals surface area contributed by atoms with Crippen molar-refractivity contribution in [1.29, 1.82) is 0 Å². The standard InChI is InChI=1S/C23H38N3O3P/c1-17(2)13-19(23(28)29-15-18-9-6-5-7-10-18)14-21(27)20(24)11-8-12-26-22(25)16-30(3)4/h5-7,9-10,17,19-20H,8,11-16,24H2,1-4H3,(H2,25,26)/t19-,20-/m1/s1. The molecule has 0 unspecified atom stereocenters. The van der Waals surface area contributed by atoms with Gasteiger partial charge in [0.2, 0.25) is 0 Å². The average Bonchev–Trinajstić information content (AvgIpc) is 2.68. The molecule has 0 aliphatic rings. The van der Waals surface area contributed by atoms with E-state index in [9.17, 15) is 9.59 Å². The number of carbonyl (C=O) groups excluding carboxylic acids is 2. The summed E-state index contributed by atoms with van der Waals surface area (Å²) in [7, 11) is -0.104. The van der Waals surface area contributed by atoms with Crippen molar-refractivity contribution in [3.8, 4) is 0 Å². The molecule has 0 aliphatic carbocycles. The average molecular weight is 436 g/mol. The zero-order valence-electron chi connectivity index (χ0n) is 18.8. The van der Waals surface area contributed by atoms with Crippen LogP contribution in [-0.4, -0.2) is 49.7 Å². The van der Waals surface area contributed by atoms with E-state index in [1.807, 2.05) is 44.2 Å². The highest BCUT2D eigenvalue weighted by Gasteiger charge is 2.26. The Hall–Kier alpha value is -1.78. The molecule has 0 radical (unpaired) electrons. The minimum Gasteiger partial charge on any atom is -0.461 e. The van der Waals surface area contributed by atoms with Crippen molar-refractivity contribution in [1.82, 2.24) is 0 Å². The van der Waals surface area contributed by atoms with Crippen LogP contribution in [-0.2, 0) is 20.9 Å². The van der Waals surface area contributed by atoms with Crippen LogP contribution in [0.25, 0.3) is 0 Å². The molecule has 168 valence electrons. The Balaban J connectivity index is 2.51. The van der Waals surface area contributed by atoms with Crippen LogP contribution >= 0.6 is 7.92 Å². The Labute approximate surface area is 182 Å². The number of ether oxygens (including phenoxy) is 1. The van der Waals surface area contributed by atoms with Crippen LogP contribution in [0.5, 0.6) is 0 Å². The number of esters is 1. The number of ketones is 1. The predicted molar refractivity (Wildman–Crippen MR) is 126 cm³/mol. The molecule has 0 saturated carbocycles. The Kier molecular flexibility index (Phi) is 12.5. The lowest BCUT2D eigenvalue weighted by molar-refractivity contribution is -0.152. The molecule has 6 nitrogen and oxygen atoms in total. The van der Waals surface area contributed by atoms with Gasteiger partial charge in [-0.15, -0.1) is 7.92 Å². The molecule has 0 aliphatic heterocycles. The third-order valence-corrected chi connectivity index (χ3v) is 5.60. The van der Waals surface area contributed by atoms with Gasteiger partial charge >= 0.3 is 5.97 Å². The van der Waals surface area contributed by atoms with E-state index in [1.54, 1.807) is 0 Å². The highest BCUT2D eigenvalue weighted by atomic mass is 31.1. The van der Waals surface area contributed by atoms with Crippen molar-refractivity contribution in [2.45, 2.75) is 52.2 Å². The van der Waals surface area contributed by atoms with Gasteiger partial charge < -0.3 is 16.2 Å². The summed E-state index contributed by atoms with van der Waals surface area (Å²) in [6.07, 6.45) is 2.79. The maximum Gasteiger partial charge on any atom is 0.309 e. The van der Waals surface area contributed by atoms with Crippen LogP contribution in [0.3, 0.4) is 0 Å². The van der Waals surface area contributed by atoms with E-state index in [-0.39, 0.29) is 38.6 Å². The molecule has 2 atom stereocenters. The van der Waals surface area contributed by atoms with Gasteiger partial charge in [-0.25, -0.2) is 0 Å². The highest BCUT2D eigenvalue weighted by Crippen LogP contribution is 2.23. The number of hydrogen-bond acceptors (Lipinski definition) is 5. The van der Waals surface area contributed by atoms with Gasteiger partial charge in [0.05, 0.1) is 17.8 Å². The minimum atomic E-state index is -0.590. The summed E-state index contributed by atoms with van der Waals surface area (Å²) in [4.78, 5) is 29.5. The van der Waals surface area contributed by atoms with Crippen LogP contribution < -0.4 is 11.5 Å². The first-order chi connectivity index (χ1) is 14.2. The lowest BCUT2D eigenvalue weighted by atomic mass is 9.90. The molecular formula is C23H38N3O3P. The van der Waals surface area contributed by atoms with E-state index in [1.165, 1.54) is 0 Å². The predicted octanol–water partition coefficient (Wildman–Crippen LogP) is 3.56. The van der Waals surface area contributed by atoms with E-state index in [4.69, 9.17) is 16.2 Å². The van der Waals surface area contributed by atoms with E-state index in [0.29, 0.717) is 31.6 Å². The number of Topliss-reactive ketones (excluding diaryl/α,β-unsaturated/α-hetero) is 1. The first kappa shape index (κ1) is 26.3. The number of nitrogens with zero attached hydrogens (tertiary/aromatic N) is 1. The van der Waals surface area contributed by atoms with Crippen molar-refractivity contribution in [2.24, 2.45) is 28.3 Å². The lowest BCUT2D eigenvalue weighted by Crippen LogP contribution is -2.34. The van der Waals surface area contributed by atoms with Gasteiger partial charge in [-0.05, 0) is 44.1 Å². The molecule has 1 aromatic rings. The normalized spacial score (nSPS) is 14.0.